The number of amides is 1. The van der Waals surface area contributed by atoms with Gasteiger partial charge in [-0.2, -0.15) is 26.3 Å². The Morgan fingerprint density at radius 1 is 0.938 bits per heavy atom. The van der Waals surface area contributed by atoms with Crippen molar-refractivity contribution >= 4 is 16.8 Å². The van der Waals surface area contributed by atoms with E-state index in [1.165, 1.54) is 0 Å². The molecular formula is C22H14F6N2O2. The monoisotopic (exact) mass is 452 g/mol. The van der Waals surface area contributed by atoms with Gasteiger partial charge in [0, 0.05) is 23.2 Å². The Hall–Kier alpha value is -3.74. The molecule has 1 N–H and O–H groups in total. The number of nitrogens with zero attached hydrogens (tertiary/aromatic N) is 1. The highest BCUT2D eigenvalue weighted by atomic mass is 19.4. The predicted molar refractivity (Wildman–Crippen MR) is 104 cm³/mol. The van der Waals surface area contributed by atoms with Crippen LogP contribution in [-0.4, -0.2) is 24.0 Å². The van der Waals surface area contributed by atoms with Crippen LogP contribution in [0.5, 0.6) is 5.75 Å². The molecule has 1 aromatic heterocycles. The molecule has 0 fully saturated rings. The van der Waals surface area contributed by atoms with E-state index < -0.39 is 35.0 Å². The number of pyridine rings is 1. The number of carbonyl (C=O) groups excluding carboxylic acids is 1. The minimum absolute atomic E-state index is 0.0454. The third-order valence-corrected chi connectivity index (χ3v) is 4.20. The van der Waals surface area contributed by atoms with E-state index in [1.807, 2.05) is 12.1 Å². The number of ether oxygens (including phenoxy) is 1. The molecule has 0 atom stereocenters. The average molecular weight is 452 g/mol. The van der Waals surface area contributed by atoms with Crippen LogP contribution in [0.2, 0.25) is 0 Å². The number of benzene rings is 2. The Labute approximate surface area is 178 Å². The second-order valence-corrected chi connectivity index (χ2v) is 6.48. The second kappa shape index (κ2) is 9.18. The number of hydrogen-bond donors (Lipinski definition) is 1. The summed E-state index contributed by atoms with van der Waals surface area (Å²) in [6.45, 7) is -0.338. The maximum absolute atomic E-state index is 12.9. The largest absolute Gasteiger partial charge is 0.481 e. The molecule has 10 heteroatoms. The van der Waals surface area contributed by atoms with Crippen molar-refractivity contribution in [2.45, 2.75) is 12.4 Å². The van der Waals surface area contributed by atoms with Gasteiger partial charge in [0.25, 0.3) is 5.91 Å². The molecule has 0 aliphatic heterocycles. The Kier molecular flexibility index (Phi) is 6.58. The van der Waals surface area contributed by atoms with Crippen LogP contribution in [0.15, 0.2) is 54.7 Å². The van der Waals surface area contributed by atoms with Crippen molar-refractivity contribution in [1.82, 2.24) is 10.3 Å². The Morgan fingerprint density at radius 2 is 1.62 bits per heavy atom. The van der Waals surface area contributed by atoms with Gasteiger partial charge in [0.2, 0.25) is 0 Å². The molecule has 0 bridgehead atoms. The summed E-state index contributed by atoms with van der Waals surface area (Å²) in [6, 6.07) is 9.60. The number of halogens is 6. The maximum atomic E-state index is 12.9. The quantitative estimate of drug-likeness (QED) is 0.444. The van der Waals surface area contributed by atoms with E-state index >= 15 is 0 Å². The third-order valence-electron chi connectivity index (χ3n) is 4.20. The molecule has 0 aliphatic rings. The van der Waals surface area contributed by atoms with Crippen molar-refractivity contribution < 1.29 is 35.9 Å². The number of nitrogens with one attached hydrogen (secondary N) is 1. The summed E-state index contributed by atoms with van der Waals surface area (Å²) in [5, 5.41) is 3.09. The van der Waals surface area contributed by atoms with Crippen LogP contribution >= 0.6 is 0 Å². The first-order valence-corrected chi connectivity index (χ1v) is 9.05. The van der Waals surface area contributed by atoms with Gasteiger partial charge in [-0.25, -0.2) is 0 Å². The summed E-state index contributed by atoms with van der Waals surface area (Å²) < 4.78 is 82.7. The van der Waals surface area contributed by atoms with E-state index in [1.54, 1.807) is 24.4 Å². The number of aromatic nitrogens is 1. The highest BCUT2D eigenvalue weighted by Gasteiger charge is 2.37. The lowest BCUT2D eigenvalue weighted by atomic mass is 10.0. The molecule has 0 unspecified atom stereocenters. The van der Waals surface area contributed by atoms with Crippen molar-refractivity contribution in [2.24, 2.45) is 0 Å². The zero-order valence-electron chi connectivity index (χ0n) is 16.1. The van der Waals surface area contributed by atoms with Gasteiger partial charge >= 0.3 is 12.4 Å². The molecule has 0 radical (unpaired) electrons. The molecule has 0 saturated heterocycles. The zero-order valence-corrected chi connectivity index (χ0v) is 16.1. The first-order valence-electron chi connectivity index (χ1n) is 9.05. The average Bonchev–Trinajstić information content (AvgIpc) is 2.74. The molecule has 0 saturated carbocycles. The standard InChI is InChI=1S/C22H14F6N2O2/c23-21(24,25)16-10-15(11-17(12-16)22(26,27)28)20(31)30-7-1-2-9-32-18-6-5-14-4-3-8-29-19(14)13-18/h3-6,8,10-13H,7,9H2,(H,30,31). The van der Waals surface area contributed by atoms with Crippen molar-refractivity contribution in [1.29, 1.82) is 0 Å². The van der Waals surface area contributed by atoms with Crippen LogP contribution in [0.4, 0.5) is 26.3 Å². The Morgan fingerprint density at radius 3 is 2.28 bits per heavy atom. The molecule has 3 rings (SSSR count). The summed E-state index contributed by atoms with van der Waals surface area (Å²) in [5.74, 6) is 4.51. The maximum Gasteiger partial charge on any atom is 0.416 e. The van der Waals surface area contributed by atoms with Crippen LogP contribution in [0, 0.1) is 11.8 Å². The van der Waals surface area contributed by atoms with Crippen LogP contribution in [0.3, 0.4) is 0 Å². The zero-order chi connectivity index (χ0) is 23.4. The number of carbonyl (C=O) groups is 1. The normalized spacial score (nSPS) is 11.6. The van der Waals surface area contributed by atoms with Crippen molar-refractivity contribution in [3.63, 3.8) is 0 Å². The highest BCUT2D eigenvalue weighted by Crippen LogP contribution is 2.36. The predicted octanol–water partition coefficient (Wildman–Crippen LogP) is 5.08. The molecular weight excluding hydrogens is 438 g/mol. The van der Waals surface area contributed by atoms with E-state index in [0.717, 1.165) is 10.9 Å². The fourth-order valence-corrected chi connectivity index (χ4v) is 2.68. The second-order valence-electron chi connectivity index (χ2n) is 6.48. The van der Waals surface area contributed by atoms with Crippen LogP contribution < -0.4 is 10.1 Å². The number of fused-ring (bicyclic) bond motifs is 1. The molecule has 1 heterocycles. The lowest BCUT2D eigenvalue weighted by molar-refractivity contribution is -0.143. The minimum Gasteiger partial charge on any atom is -0.481 e. The smallest absolute Gasteiger partial charge is 0.416 e. The molecule has 3 aromatic rings. The molecule has 166 valence electrons. The number of rotatable bonds is 4. The van der Waals surface area contributed by atoms with E-state index in [2.05, 4.69) is 22.1 Å². The van der Waals surface area contributed by atoms with E-state index in [-0.39, 0.29) is 19.2 Å². The molecule has 32 heavy (non-hydrogen) atoms. The van der Waals surface area contributed by atoms with Gasteiger partial charge < -0.3 is 10.1 Å². The van der Waals surface area contributed by atoms with E-state index in [9.17, 15) is 31.1 Å². The van der Waals surface area contributed by atoms with Crippen molar-refractivity contribution in [3.05, 3.63) is 71.4 Å². The number of alkyl halides is 6. The molecule has 2 aromatic carbocycles. The first-order chi connectivity index (χ1) is 15.0. The van der Waals surface area contributed by atoms with Crippen LogP contribution in [0.1, 0.15) is 21.5 Å². The van der Waals surface area contributed by atoms with Gasteiger partial charge in [0.1, 0.15) is 12.4 Å². The first kappa shape index (κ1) is 22.9. The lowest BCUT2D eigenvalue weighted by Gasteiger charge is -2.13. The molecule has 4 nitrogen and oxygen atoms in total. The summed E-state index contributed by atoms with van der Waals surface area (Å²) in [6.07, 6.45) is -8.44. The summed E-state index contributed by atoms with van der Waals surface area (Å²) in [5.41, 5.74) is -3.18. The molecule has 1 amide bonds. The minimum atomic E-state index is -5.04. The van der Waals surface area contributed by atoms with Crippen molar-refractivity contribution in [3.8, 4) is 17.6 Å². The van der Waals surface area contributed by atoms with Gasteiger partial charge in [-0.15, -0.1) is 0 Å². The van der Waals surface area contributed by atoms with Gasteiger partial charge in [-0.05, 0) is 36.4 Å². The summed E-state index contributed by atoms with van der Waals surface area (Å²) in [4.78, 5) is 16.2. The topological polar surface area (TPSA) is 51.2 Å². The van der Waals surface area contributed by atoms with Gasteiger partial charge in [-0.1, -0.05) is 17.9 Å². The Balaban J connectivity index is 1.59. The van der Waals surface area contributed by atoms with Gasteiger partial charge in [0.05, 0.1) is 23.2 Å². The fraction of sp³-hybridized carbons (Fsp3) is 0.182. The Bertz CT molecular complexity index is 1160. The third kappa shape index (κ3) is 5.91. The van der Waals surface area contributed by atoms with Crippen LogP contribution in [0.25, 0.3) is 10.9 Å². The summed E-state index contributed by atoms with van der Waals surface area (Å²) >= 11 is 0. The van der Waals surface area contributed by atoms with Crippen LogP contribution in [-0.2, 0) is 12.4 Å². The summed E-state index contributed by atoms with van der Waals surface area (Å²) in [7, 11) is 0. The van der Waals surface area contributed by atoms with Gasteiger partial charge in [-0.3, -0.25) is 9.78 Å². The fourth-order valence-electron chi connectivity index (χ4n) is 2.68. The van der Waals surface area contributed by atoms with Gasteiger partial charge in [0.15, 0.2) is 0 Å². The van der Waals surface area contributed by atoms with E-state index in [0.29, 0.717) is 17.9 Å². The molecule has 0 aliphatic carbocycles. The SMILES string of the molecule is O=C(NCC#CCOc1ccc2cccnc2c1)c1cc(C(F)(F)F)cc(C(F)(F)F)c1. The van der Waals surface area contributed by atoms with E-state index in [4.69, 9.17) is 4.74 Å². The molecule has 0 spiro atoms. The van der Waals surface area contributed by atoms with Crippen molar-refractivity contribution in [2.75, 3.05) is 13.2 Å². The number of hydrogen-bond acceptors (Lipinski definition) is 3. The lowest BCUT2D eigenvalue weighted by Crippen LogP contribution is -2.25. The highest BCUT2D eigenvalue weighted by molar-refractivity contribution is 5.94.